The van der Waals surface area contributed by atoms with Crippen LogP contribution in [0.3, 0.4) is 0 Å². The zero-order valence-electron chi connectivity index (χ0n) is 15.3. The fourth-order valence-corrected chi connectivity index (χ4v) is 2.72. The van der Waals surface area contributed by atoms with Gasteiger partial charge < -0.3 is 4.74 Å². The molecular weight excluding hydrogens is 372 g/mol. The largest absolute Gasteiger partial charge is 0.488 e. The first-order valence-electron chi connectivity index (χ1n) is 9.03. The van der Waals surface area contributed by atoms with E-state index in [1.165, 1.54) is 0 Å². The van der Waals surface area contributed by atoms with Gasteiger partial charge in [0.2, 0.25) is 5.91 Å². The van der Waals surface area contributed by atoms with Gasteiger partial charge in [-0.3, -0.25) is 4.79 Å². The van der Waals surface area contributed by atoms with E-state index in [1.807, 2.05) is 78.9 Å². The maximum absolute atomic E-state index is 12.0. The summed E-state index contributed by atoms with van der Waals surface area (Å²) in [4.78, 5) is 12.0. The smallest absolute Gasteiger partial charge is 0.240 e. The molecule has 0 atom stereocenters. The number of para-hydroxylation sites is 1. The Labute approximate surface area is 169 Å². The maximum atomic E-state index is 12.0. The lowest BCUT2D eigenvalue weighted by atomic mass is 10.1. The SMILES string of the molecule is O=C(CCc1ccccc1)N/N=C/c1ccccc1OCc1ccc(Cl)cc1. The van der Waals surface area contributed by atoms with E-state index in [0.29, 0.717) is 30.2 Å². The van der Waals surface area contributed by atoms with Crippen molar-refractivity contribution < 1.29 is 9.53 Å². The fraction of sp³-hybridized carbons (Fsp3) is 0.130. The highest BCUT2D eigenvalue weighted by Crippen LogP contribution is 2.18. The van der Waals surface area contributed by atoms with Gasteiger partial charge in [0.25, 0.3) is 0 Å². The molecule has 5 heteroatoms. The van der Waals surface area contributed by atoms with Crippen LogP contribution in [0.25, 0.3) is 0 Å². The van der Waals surface area contributed by atoms with Crippen LogP contribution in [0.1, 0.15) is 23.1 Å². The summed E-state index contributed by atoms with van der Waals surface area (Å²) in [5.41, 5.74) is 5.51. The Kier molecular flexibility index (Phi) is 7.21. The molecule has 0 aliphatic heterocycles. The van der Waals surface area contributed by atoms with Crippen molar-refractivity contribution >= 4 is 23.7 Å². The zero-order chi connectivity index (χ0) is 19.6. The molecule has 0 saturated heterocycles. The summed E-state index contributed by atoms with van der Waals surface area (Å²) in [5, 5.41) is 4.75. The number of nitrogens with one attached hydrogen (secondary N) is 1. The number of hydrogen-bond acceptors (Lipinski definition) is 3. The van der Waals surface area contributed by atoms with E-state index >= 15 is 0 Å². The van der Waals surface area contributed by atoms with Crippen molar-refractivity contribution in [2.24, 2.45) is 5.10 Å². The predicted molar refractivity (Wildman–Crippen MR) is 113 cm³/mol. The summed E-state index contributed by atoms with van der Waals surface area (Å²) in [6, 6.07) is 25.0. The van der Waals surface area contributed by atoms with Gasteiger partial charge >= 0.3 is 0 Å². The van der Waals surface area contributed by atoms with Crippen LogP contribution in [-0.4, -0.2) is 12.1 Å². The summed E-state index contributed by atoms with van der Waals surface area (Å²) in [7, 11) is 0. The minimum Gasteiger partial charge on any atom is -0.488 e. The van der Waals surface area contributed by atoms with Gasteiger partial charge in [0.15, 0.2) is 0 Å². The molecule has 3 rings (SSSR count). The normalized spacial score (nSPS) is 10.8. The standard InChI is InChI=1S/C23H21ClN2O2/c24-21-13-10-19(11-14-21)17-28-22-9-5-4-8-20(22)16-25-26-23(27)15-12-18-6-2-1-3-7-18/h1-11,13-14,16H,12,15,17H2,(H,26,27)/b25-16+. The molecule has 1 N–H and O–H groups in total. The molecule has 0 aliphatic carbocycles. The molecule has 0 aromatic heterocycles. The van der Waals surface area contributed by atoms with Crippen molar-refractivity contribution in [3.63, 3.8) is 0 Å². The van der Waals surface area contributed by atoms with Crippen LogP contribution in [-0.2, 0) is 17.8 Å². The van der Waals surface area contributed by atoms with Gasteiger partial charge in [-0.25, -0.2) is 5.43 Å². The van der Waals surface area contributed by atoms with Crippen LogP contribution in [0, 0.1) is 0 Å². The van der Waals surface area contributed by atoms with E-state index in [4.69, 9.17) is 16.3 Å². The molecule has 3 aromatic carbocycles. The third-order valence-corrected chi connectivity index (χ3v) is 4.36. The summed E-state index contributed by atoms with van der Waals surface area (Å²) >= 11 is 5.90. The number of ether oxygens (including phenoxy) is 1. The molecule has 1 amide bonds. The average Bonchev–Trinajstić information content (AvgIpc) is 2.73. The lowest BCUT2D eigenvalue weighted by molar-refractivity contribution is -0.121. The van der Waals surface area contributed by atoms with Gasteiger partial charge in [0.1, 0.15) is 12.4 Å². The fourth-order valence-electron chi connectivity index (χ4n) is 2.59. The molecule has 0 radical (unpaired) electrons. The van der Waals surface area contributed by atoms with Gasteiger partial charge in [-0.1, -0.05) is 66.2 Å². The summed E-state index contributed by atoms with van der Waals surface area (Å²) in [5.74, 6) is 0.569. The topological polar surface area (TPSA) is 50.7 Å². The van der Waals surface area contributed by atoms with Crippen molar-refractivity contribution in [2.45, 2.75) is 19.4 Å². The van der Waals surface area contributed by atoms with Crippen molar-refractivity contribution in [2.75, 3.05) is 0 Å². The second-order valence-corrected chi connectivity index (χ2v) is 6.67. The van der Waals surface area contributed by atoms with E-state index < -0.39 is 0 Å². The van der Waals surface area contributed by atoms with Crippen LogP contribution in [0.15, 0.2) is 84.0 Å². The molecule has 28 heavy (non-hydrogen) atoms. The molecule has 0 aliphatic rings. The van der Waals surface area contributed by atoms with E-state index in [0.717, 1.165) is 16.7 Å². The van der Waals surface area contributed by atoms with Gasteiger partial charge in [-0.05, 0) is 41.8 Å². The number of rotatable bonds is 8. The maximum Gasteiger partial charge on any atom is 0.240 e. The van der Waals surface area contributed by atoms with Gasteiger partial charge in [-0.2, -0.15) is 5.10 Å². The lowest BCUT2D eigenvalue weighted by Crippen LogP contribution is -2.17. The van der Waals surface area contributed by atoms with Gasteiger partial charge in [0.05, 0.1) is 6.21 Å². The van der Waals surface area contributed by atoms with E-state index in [9.17, 15) is 4.79 Å². The number of hydrogen-bond donors (Lipinski definition) is 1. The molecule has 0 fully saturated rings. The Morgan fingerprint density at radius 1 is 0.929 bits per heavy atom. The van der Waals surface area contributed by atoms with Gasteiger partial charge in [0, 0.05) is 17.0 Å². The number of carbonyl (C=O) groups is 1. The first-order chi connectivity index (χ1) is 13.7. The Hall–Kier alpha value is -3.11. The van der Waals surface area contributed by atoms with Crippen molar-refractivity contribution in [3.8, 4) is 5.75 Å². The number of halogens is 1. The summed E-state index contributed by atoms with van der Waals surface area (Å²) < 4.78 is 5.88. The third kappa shape index (κ3) is 6.25. The predicted octanol–water partition coefficient (Wildman–Crippen LogP) is 5.00. The molecule has 0 bridgehead atoms. The number of nitrogens with zero attached hydrogens (tertiary/aromatic N) is 1. The number of hydrazone groups is 1. The van der Waals surface area contributed by atoms with Crippen LogP contribution in [0.4, 0.5) is 0 Å². The van der Waals surface area contributed by atoms with E-state index in [-0.39, 0.29) is 5.91 Å². The summed E-state index contributed by atoms with van der Waals surface area (Å²) in [6.45, 7) is 0.422. The van der Waals surface area contributed by atoms with Crippen molar-refractivity contribution in [1.29, 1.82) is 0 Å². The van der Waals surface area contributed by atoms with Crippen LogP contribution in [0.2, 0.25) is 5.02 Å². The lowest BCUT2D eigenvalue weighted by Gasteiger charge is -2.09. The van der Waals surface area contributed by atoms with Crippen LogP contribution < -0.4 is 10.2 Å². The highest BCUT2D eigenvalue weighted by molar-refractivity contribution is 6.30. The van der Waals surface area contributed by atoms with Crippen molar-refractivity contribution in [3.05, 3.63) is 101 Å². The number of aryl methyl sites for hydroxylation is 1. The molecular formula is C23H21ClN2O2. The van der Waals surface area contributed by atoms with Crippen LogP contribution in [0.5, 0.6) is 5.75 Å². The number of amides is 1. The van der Waals surface area contributed by atoms with E-state index in [1.54, 1.807) is 6.21 Å². The monoisotopic (exact) mass is 392 g/mol. The molecule has 142 valence electrons. The number of carbonyl (C=O) groups excluding carboxylic acids is 1. The van der Waals surface area contributed by atoms with Crippen LogP contribution >= 0.6 is 11.6 Å². The van der Waals surface area contributed by atoms with Gasteiger partial charge in [-0.15, -0.1) is 0 Å². The van der Waals surface area contributed by atoms with Crippen molar-refractivity contribution in [1.82, 2.24) is 5.43 Å². The molecule has 3 aromatic rings. The summed E-state index contributed by atoms with van der Waals surface area (Å²) in [6.07, 6.45) is 2.66. The molecule has 0 saturated carbocycles. The Morgan fingerprint density at radius 3 is 2.43 bits per heavy atom. The Morgan fingerprint density at radius 2 is 1.64 bits per heavy atom. The third-order valence-electron chi connectivity index (χ3n) is 4.10. The molecule has 0 heterocycles. The highest BCUT2D eigenvalue weighted by atomic mass is 35.5. The van der Waals surface area contributed by atoms with E-state index in [2.05, 4.69) is 10.5 Å². The zero-order valence-corrected chi connectivity index (χ0v) is 16.1. The molecule has 0 unspecified atom stereocenters. The minimum absolute atomic E-state index is 0.125. The quantitative estimate of drug-likeness (QED) is 0.433. The molecule has 4 nitrogen and oxygen atoms in total. The first kappa shape index (κ1) is 19.6. The number of benzene rings is 3. The average molecular weight is 393 g/mol. The first-order valence-corrected chi connectivity index (χ1v) is 9.40. The second-order valence-electron chi connectivity index (χ2n) is 6.23. The minimum atomic E-state index is -0.125. The highest BCUT2D eigenvalue weighted by Gasteiger charge is 2.03. The second kappa shape index (κ2) is 10.3. The Balaban J connectivity index is 1.52. The molecule has 0 spiro atoms. The Bertz CT molecular complexity index is 925.